The molecule has 0 aliphatic heterocycles. The summed E-state index contributed by atoms with van der Waals surface area (Å²) in [5, 5.41) is 2.97. The van der Waals surface area contributed by atoms with Crippen molar-refractivity contribution in [3.63, 3.8) is 0 Å². The molecule has 1 aliphatic rings. The fourth-order valence-electron chi connectivity index (χ4n) is 2.68. The number of carbonyl (C=O) groups excluding carboxylic acids is 1. The molecule has 1 aliphatic carbocycles. The number of carbonyl (C=O) groups is 1. The molecule has 21 heavy (non-hydrogen) atoms. The molecule has 3 N–H and O–H groups in total. The zero-order valence-corrected chi connectivity index (χ0v) is 13.0. The van der Waals surface area contributed by atoms with Crippen LogP contribution >= 0.6 is 0 Å². The van der Waals surface area contributed by atoms with Crippen LogP contribution in [-0.4, -0.2) is 29.9 Å². The van der Waals surface area contributed by atoms with Crippen molar-refractivity contribution in [1.29, 1.82) is 0 Å². The van der Waals surface area contributed by atoms with Crippen molar-refractivity contribution in [3.05, 3.63) is 29.8 Å². The molecule has 4 nitrogen and oxygen atoms in total. The van der Waals surface area contributed by atoms with Crippen molar-refractivity contribution >= 4 is 11.6 Å². The standard InChI is InChI=1S/C17H27N3O/c1-2-11-20(15-9-10-15)12-5-8-17(21)19-16-7-4-3-6-14(16)13-18/h3-4,6-7,15H,2,5,8-13,18H2,1H3,(H,19,21). The van der Waals surface area contributed by atoms with Gasteiger partial charge in [-0.3, -0.25) is 4.79 Å². The second kappa shape index (κ2) is 8.15. The lowest BCUT2D eigenvalue weighted by Gasteiger charge is -2.20. The summed E-state index contributed by atoms with van der Waals surface area (Å²) in [7, 11) is 0. The third kappa shape index (κ3) is 5.14. The van der Waals surface area contributed by atoms with E-state index in [9.17, 15) is 4.79 Å². The first-order valence-electron chi connectivity index (χ1n) is 8.06. The van der Waals surface area contributed by atoms with Gasteiger partial charge < -0.3 is 16.0 Å². The molecule has 116 valence electrons. The van der Waals surface area contributed by atoms with Crippen molar-refractivity contribution in [3.8, 4) is 0 Å². The van der Waals surface area contributed by atoms with Crippen LogP contribution in [0, 0.1) is 0 Å². The highest BCUT2D eigenvalue weighted by atomic mass is 16.1. The van der Waals surface area contributed by atoms with Crippen LogP contribution in [0.2, 0.25) is 0 Å². The first-order chi connectivity index (χ1) is 10.2. The van der Waals surface area contributed by atoms with Gasteiger partial charge in [-0.05, 0) is 50.4 Å². The van der Waals surface area contributed by atoms with E-state index < -0.39 is 0 Å². The van der Waals surface area contributed by atoms with Crippen LogP contribution in [0.15, 0.2) is 24.3 Å². The molecule has 0 bridgehead atoms. The Bertz CT molecular complexity index is 457. The highest BCUT2D eigenvalue weighted by Gasteiger charge is 2.27. The lowest BCUT2D eigenvalue weighted by molar-refractivity contribution is -0.116. The number of nitrogens with two attached hydrogens (primary N) is 1. The van der Waals surface area contributed by atoms with Gasteiger partial charge in [-0.2, -0.15) is 0 Å². The molecule has 0 atom stereocenters. The highest BCUT2D eigenvalue weighted by Crippen LogP contribution is 2.27. The summed E-state index contributed by atoms with van der Waals surface area (Å²) in [4.78, 5) is 14.6. The number of nitrogens with one attached hydrogen (secondary N) is 1. The third-order valence-corrected chi connectivity index (χ3v) is 3.93. The van der Waals surface area contributed by atoms with Crippen molar-refractivity contribution < 1.29 is 4.79 Å². The van der Waals surface area contributed by atoms with Crippen LogP contribution in [0.1, 0.15) is 44.6 Å². The predicted octanol–water partition coefficient (Wildman–Crippen LogP) is 2.74. The van der Waals surface area contributed by atoms with Gasteiger partial charge in [0, 0.05) is 24.7 Å². The smallest absolute Gasteiger partial charge is 0.224 e. The van der Waals surface area contributed by atoms with Crippen molar-refractivity contribution in [2.75, 3.05) is 18.4 Å². The van der Waals surface area contributed by atoms with Crippen LogP contribution in [-0.2, 0) is 11.3 Å². The number of hydrogen-bond donors (Lipinski definition) is 2. The second-order valence-corrected chi connectivity index (χ2v) is 5.78. The number of para-hydroxylation sites is 1. The summed E-state index contributed by atoms with van der Waals surface area (Å²) in [6.07, 6.45) is 5.34. The zero-order chi connectivity index (χ0) is 15.1. The average molecular weight is 289 g/mol. The van der Waals surface area contributed by atoms with E-state index in [4.69, 9.17) is 5.73 Å². The molecule has 1 aromatic rings. The number of benzene rings is 1. The summed E-state index contributed by atoms with van der Waals surface area (Å²) in [5.74, 6) is 0.0862. The fraction of sp³-hybridized carbons (Fsp3) is 0.588. The number of rotatable bonds is 9. The Balaban J connectivity index is 1.74. The van der Waals surface area contributed by atoms with Gasteiger partial charge in [0.05, 0.1) is 0 Å². The van der Waals surface area contributed by atoms with Gasteiger partial charge in [-0.1, -0.05) is 25.1 Å². The predicted molar refractivity (Wildman–Crippen MR) is 87.1 cm³/mol. The van der Waals surface area contributed by atoms with Gasteiger partial charge in [-0.25, -0.2) is 0 Å². The van der Waals surface area contributed by atoms with Crippen LogP contribution < -0.4 is 11.1 Å². The van der Waals surface area contributed by atoms with E-state index in [1.807, 2.05) is 24.3 Å². The molecule has 0 saturated heterocycles. The maximum absolute atomic E-state index is 12.0. The third-order valence-electron chi connectivity index (χ3n) is 3.93. The Hall–Kier alpha value is -1.39. The number of amides is 1. The monoisotopic (exact) mass is 289 g/mol. The van der Waals surface area contributed by atoms with Crippen LogP contribution in [0.5, 0.6) is 0 Å². The van der Waals surface area contributed by atoms with E-state index >= 15 is 0 Å². The molecule has 1 fully saturated rings. The summed E-state index contributed by atoms with van der Waals surface area (Å²) in [5.41, 5.74) is 7.51. The lowest BCUT2D eigenvalue weighted by Crippen LogP contribution is -2.28. The van der Waals surface area contributed by atoms with E-state index in [1.165, 1.54) is 19.3 Å². The van der Waals surface area contributed by atoms with Gasteiger partial charge in [0.2, 0.25) is 5.91 Å². The Kier molecular flexibility index (Phi) is 6.21. The van der Waals surface area contributed by atoms with Gasteiger partial charge in [0.15, 0.2) is 0 Å². The SMILES string of the molecule is CCCN(CCCC(=O)Nc1ccccc1CN)C1CC1. The van der Waals surface area contributed by atoms with Crippen molar-refractivity contribution in [1.82, 2.24) is 4.90 Å². The Morgan fingerprint density at radius 3 is 2.76 bits per heavy atom. The maximum atomic E-state index is 12.0. The molecular formula is C17H27N3O. The van der Waals surface area contributed by atoms with Crippen LogP contribution in [0.25, 0.3) is 0 Å². The van der Waals surface area contributed by atoms with Gasteiger partial charge in [-0.15, -0.1) is 0 Å². The minimum atomic E-state index is 0.0862. The largest absolute Gasteiger partial charge is 0.326 e. The Morgan fingerprint density at radius 1 is 1.33 bits per heavy atom. The van der Waals surface area contributed by atoms with E-state index in [0.717, 1.165) is 36.8 Å². The second-order valence-electron chi connectivity index (χ2n) is 5.78. The summed E-state index contributed by atoms with van der Waals surface area (Å²) in [6.45, 7) is 4.85. The number of hydrogen-bond acceptors (Lipinski definition) is 3. The summed E-state index contributed by atoms with van der Waals surface area (Å²) >= 11 is 0. The Morgan fingerprint density at radius 2 is 2.10 bits per heavy atom. The molecule has 1 amide bonds. The summed E-state index contributed by atoms with van der Waals surface area (Å²) in [6, 6.07) is 8.51. The maximum Gasteiger partial charge on any atom is 0.224 e. The molecule has 0 radical (unpaired) electrons. The van der Waals surface area contributed by atoms with E-state index in [0.29, 0.717) is 13.0 Å². The molecule has 4 heteroatoms. The van der Waals surface area contributed by atoms with Gasteiger partial charge >= 0.3 is 0 Å². The van der Waals surface area contributed by atoms with Crippen molar-refractivity contribution in [2.45, 2.75) is 51.6 Å². The molecule has 1 saturated carbocycles. The molecule has 0 heterocycles. The Labute approximate surface area is 127 Å². The van der Waals surface area contributed by atoms with Gasteiger partial charge in [0.25, 0.3) is 0 Å². The molecule has 1 aromatic carbocycles. The summed E-state index contributed by atoms with van der Waals surface area (Å²) < 4.78 is 0. The van der Waals surface area contributed by atoms with Crippen LogP contribution in [0.3, 0.4) is 0 Å². The molecule has 0 unspecified atom stereocenters. The van der Waals surface area contributed by atoms with Crippen molar-refractivity contribution in [2.24, 2.45) is 5.73 Å². The highest BCUT2D eigenvalue weighted by molar-refractivity contribution is 5.91. The van der Waals surface area contributed by atoms with E-state index in [-0.39, 0.29) is 5.91 Å². The lowest BCUT2D eigenvalue weighted by atomic mass is 10.1. The molecule has 0 aromatic heterocycles. The first-order valence-corrected chi connectivity index (χ1v) is 8.06. The average Bonchev–Trinajstić information content (AvgIpc) is 3.31. The van der Waals surface area contributed by atoms with E-state index in [1.54, 1.807) is 0 Å². The number of nitrogens with zero attached hydrogens (tertiary/aromatic N) is 1. The molecule has 0 spiro atoms. The number of anilines is 1. The topological polar surface area (TPSA) is 58.4 Å². The first kappa shape index (κ1) is 16.0. The fourth-order valence-corrected chi connectivity index (χ4v) is 2.68. The normalized spacial score (nSPS) is 14.4. The molecule has 2 rings (SSSR count). The minimum Gasteiger partial charge on any atom is -0.326 e. The zero-order valence-electron chi connectivity index (χ0n) is 13.0. The van der Waals surface area contributed by atoms with Crippen LogP contribution in [0.4, 0.5) is 5.69 Å². The molecular weight excluding hydrogens is 262 g/mol. The quantitative estimate of drug-likeness (QED) is 0.735. The van der Waals surface area contributed by atoms with Gasteiger partial charge in [0.1, 0.15) is 0 Å². The van der Waals surface area contributed by atoms with E-state index in [2.05, 4.69) is 17.1 Å². The minimum absolute atomic E-state index is 0.0862.